The Morgan fingerprint density at radius 2 is 2.21 bits per heavy atom. The highest BCUT2D eigenvalue weighted by Crippen LogP contribution is 2.35. The highest BCUT2D eigenvalue weighted by atomic mass is 32.2. The highest BCUT2D eigenvalue weighted by molar-refractivity contribution is 8.02. The fourth-order valence-corrected chi connectivity index (χ4v) is 4.08. The molecule has 0 aromatic carbocycles. The van der Waals surface area contributed by atoms with Gasteiger partial charge in [0.25, 0.3) is 5.91 Å². The Bertz CT molecular complexity index is 492. The van der Waals surface area contributed by atoms with E-state index in [1.807, 2.05) is 23.5 Å². The molecule has 0 radical (unpaired) electrons. The van der Waals surface area contributed by atoms with Gasteiger partial charge >= 0.3 is 0 Å². The quantitative estimate of drug-likeness (QED) is 0.865. The second kappa shape index (κ2) is 5.76. The van der Waals surface area contributed by atoms with Gasteiger partial charge in [0.2, 0.25) is 0 Å². The molecule has 1 aromatic rings. The van der Waals surface area contributed by atoms with Gasteiger partial charge in [-0.3, -0.25) is 4.79 Å². The molecule has 2 N–H and O–H groups in total. The summed E-state index contributed by atoms with van der Waals surface area (Å²) in [4.78, 5) is 18.9. The van der Waals surface area contributed by atoms with Crippen molar-refractivity contribution in [3.8, 4) is 0 Å². The number of amides is 1. The van der Waals surface area contributed by atoms with Crippen LogP contribution in [0.4, 0.5) is 0 Å². The Labute approximate surface area is 126 Å². The van der Waals surface area contributed by atoms with Crippen LogP contribution in [0.15, 0.2) is 5.38 Å². The summed E-state index contributed by atoms with van der Waals surface area (Å²) in [5.41, 5.74) is 6.40. The van der Waals surface area contributed by atoms with E-state index in [4.69, 9.17) is 18.0 Å². The molecule has 19 heavy (non-hydrogen) atoms. The lowest BCUT2D eigenvalue weighted by Gasteiger charge is -2.39. The van der Waals surface area contributed by atoms with E-state index in [9.17, 15) is 4.79 Å². The number of piperidine rings is 1. The smallest absolute Gasteiger partial charge is 0.273 e. The number of thiazole rings is 1. The SMILES string of the molecule is CSC1(C(N)=S)CCN(C(=O)c2csc(C)n2)CC1. The molecule has 2 heterocycles. The monoisotopic (exact) mass is 315 g/mol. The fourth-order valence-electron chi connectivity index (χ4n) is 2.25. The van der Waals surface area contributed by atoms with E-state index < -0.39 is 0 Å². The first-order chi connectivity index (χ1) is 8.98. The number of likely N-dealkylation sites (tertiary alicyclic amines) is 1. The number of aryl methyl sites for hydroxylation is 1. The summed E-state index contributed by atoms with van der Waals surface area (Å²) in [6.45, 7) is 3.28. The van der Waals surface area contributed by atoms with E-state index in [1.54, 1.807) is 11.8 Å². The number of hydrogen-bond acceptors (Lipinski definition) is 5. The topological polar surface area (TPSA) is 59.2 Å². The zero-order valence-corrected chi connectivity index (χ0v) is 13.5. The minimum Gasteiger partial charge on any atom is -0.392 e. The number of hydrogen-bond donors (Lipinski definition) is 1. The predicted octanol–water partition coefficient (Wildman–Crippen LogP) is 2.08. The summed E-state index contributed by atoms with van der Waals surface area (Å²) < 4.78 is -0.149. The lowest BCUT2D eigenvalue weighted by molar-refractivity contribution is 0.0713. The van der Waals surface area contributed by atoms with Crippen LogP contribution < -0.4 is 5.73 Å². The van der Waals surface area contributed by atoms with Crippen molar-refractivity contribution in [2.45, 2.75) is 24.5 Å². The summed E-state index contributed by atoms with van der Waals surface area (Å²) in [5, 5.41) is 2.74. The van der Waals surface area contributed by atoms with Crippen LogP contribution in [0.1, 0.15) is 28.3 Å². The van der Waals surface area contributed by atoms with Gasteiger partial charge in [-0.15, -0.1) is 11.3 Å². The maximum Gasteiger partial charge on any atom is 0.273 e. The van der Waals surface area contributed by atoms with Gasteiger partial charge < -0.3 is 10.6 Å². The minimum absolute atomic E-state index is 0.0157. The third kappa shape index (κ3) is 2.93. The maximum absolute atomic E-state index is 12.3. The lowest BCUT2D eigenvalue weighted by atomic mass is 9.95. The predicted molar refractivity (Wildman–Crippen MR) is 85.0 cm³/mol. The van der Waals surface area contributed by atoms with Crippen molar-refractivity contribution in [2.75, 3.05) is 19.3 Å². The van der Waals surface area contributed by atoms with Gasteiger partial charge in [-0.25, -0.2) is 4.98 Å². The largest absolute Gasteiger partial charge is 0.392 e. The summed E-state index contributed by atoms with van der Waals surface area (Å²) in [7, 11) is 0. The van der Waals surface area contributed by atoms with Crippen LogP contribution in [0, 0.1) is 6.92 Å². The molecule has 1 aromatic heterocycles. The first-order valence-electron chi connectivity index (χ1n) is 6.05. The summed E-state index contributed by atoms with van der Waals surface area (Å²) >= 11 is 8.37. The average molecular weight is 315 g/mol. The minimum atomic E-state index is -0.149. The average Bonchev–Trinajstić information content (AvgIpc) is 2.84. The van der Waals surface area contributed by atoms with Crippen LogP contribution in [-0.2, 0) is 0 Å². The Morgan fingerprint density at radius 3 is 2.63 bits per heavy atom. The molecule has 0 spiro atoms. The second-order valence-electron chi connectivity index (χ2n) is 4.61. The van der Waals surface area contributed by atoms with Gasteiger partial charge in [-0.2, -0.15) is 11.8 Å². The molecule has 1 amide bonds. The van der Waals surface area contributed by atoms with E-state index in [1.165, 1.54) is 11.3 Å². The van der Waals surface area contributed by atoms with Crippen molar-refractivity contribution in [2.24, 2.45) is 5.73 Å². The molecule has 0 saturated carbocycles. The van der Waals surface area contributed by atoms with Crippen LogP contribution in [0.2, 0.25) is 0 Å². The second-order valence-corrected chi connectivity index (χ2v) is 7.30. The van der Waals surface area contributed by atoms with Crippen molar-refractivity contribution >= 4 is 46.2 Å². The van der Waals surface area contributed by atoms with E-state index in [0.717, 1.165) is 17.8 Å². The normalized spacial score (nSPS) is 18.3. The maximum atomic E-state index is 12.3. The fraction of sp³-hybridized carbons (Fsp3) is 0.583. The van der Waals surface area contributed by atoms with E-state index >= 15 is 0 Å². The molecule has 0 unspecified atom stereocenters. The van der Waals surface area contributed by atoms with Gasteiger partial charge in [0.15, 0.2) is 0 Å². The molecular weight excluding hydrogens is 298 g/mol. The first kappa shape index (κ1) is 14.7. The van der Waals surface area contributed by atoms with Crippen molar-refractivity contribution in [3.63, 3.8) is 0 Å². The van der Waals surface area contributed by atoms with Crippen LogP contribution in [-0.4, -0.2) is 44.9 Å². The molecule has 2 rings (SSSR count). The van der Waals surface area contributed by atoms with Crippen LogP contribution in [0.25, 0.3) is 0 Å². The van der Waals surface area contributed by atoms with Gasteiger partial charge in [-0.1, -0.05) is 12.2 Å². The number of thioether (sulfide) groups is 1. The zero-order valence-electron chi connectivity index (χ0n) is 11.0. The van der Waals surface area contributed by atoms with E-state index in [-0.39, 0.29) is 10.7 Å². The van der Waals surface area contributed by atoms with E-state index in [2.05, 4.69) is 4.98 Å². The van der Waals surface area contributed by atoms with Crippen molar-refractivity contribution in [1.29, 1.82) is 0 Å². The van der Waals surface area contributed by atoms with Crippen molar-refractivity contribution in [3.05, 3.63) is 16.1 Å². The Kier molecular flexibility index (Phi) is 4.47. The van der Waals surface area contributed by atoms with Gasteiger partial charge in [-0.05, 0) is 26.0 Å². The van der Waals surface area contributed by atoms with Crippen LogP contribution >= 0.6 is 35.3 Å². The summed E-state index contributed by atoms with van der Waals surface area (Å²) in [6, 6.07) is 0. The molecule has 4 nitrogen and oxygen atoms in total. The Hall–Kier alpha value is -0.660. The van der Waals surface area contributed by atoms with Crippen LogP contribution in [0.5, 0.6) is 0 Å². The summed E-state index contributed by atoms with van der Waals surface area (Å²) in [6.07, 6.45) is 3.66. The Morgan fingerprint density at radius 1 is 1.58 bits per heavy atom. The third-order valence-electron chi connectivity index (χ3n) is 3.54. The molecule has 1 saturated heterocycles. The molecule has 0 atom stereocenters. The number of rotatable bonds is 3. The number of nitrogens with zero attached hydrogens (tertiary/aromatic N) is 2. The number of thiocarbonyl (C=S) groups is 1. The zero-order chi connectivity index (χ0) is 14.0. The Balaban J connectivity index is 2.04. The van der Waals surface area contributed by atoms with Crippen molar-refractivity contribution < 1.29 is 4.79 Å². The molecular formula is C12H17N3OS3. The summed E-state index contributed by atoms with van der Waals surface area (Å²) in [5.74, 6) is 0.0157. The number of carbonyl (C=O) groups excluding carboxylic acids is 1. The molecule has 0 aliphatic carbocycles. The highest BCUT2D eigenvalue weighted by Gasteiger charge is 2.38. The van der Waals surface area contributed by atoms with Gasteiger partial charge in [0.05, 0.1) is 14.7 Å². The van der Waals surface area contributed by atoms with Crippen molar-refractivity contribution in [1.82, 2.24) is 9.88 Å². The number of nitrogens with two attached hydrogens (primary N) is 1. The van der Waals surface area contributed by atoms with Gasteiger partial charge in [0, 0.05) is 18.5 Å². The number of aromatic nitrogens is 1. The molecule has 104 valence electrons. The number of carbonyl (C=O) groups is 1. The lowest BCUT2D eigenvalue weighted by Crippen LogP contribution is -2.50. The first-order valence-corrected chi connectivity index (χ1v) is 8.56. The third-order valence-corrected chi connectivity index (χ3v) is 6.24. The molecule has 1 fully saturated rings. The van der Waals surface area contributed by atoms with Gasteiger partial charge in [0.1, 0.15) is 5.69 Å². The van der Waals surface area contributed by atoms with Crippen LogP contribution in [0.3, 0.4) is 0 Å². The molecule has 1 aliphatic rings. The molecule has 7 heteroatoms. The standard InChI is InChI=1S/C12H17N3OS3/c1-8-14-9(7-19-8)10(16)15-5-3-12(18-2,4-6-15)11(13)17/h7H,3-6H2,1-2H3,(H2,13,17). The molecule has 1 aliphatic heterocycles. The van der Waals surface area contributed by atoms with E-state index in [0.29, 0.717) is 23.8 Å². The molecule has 0 bridgehead atoms.